The number of allylic oxidation sites excluding steroid dienone is 9. The Hall–Kier alpha value is -1.80. The standard InChI is InChI=1S/C56H105N2O6P/c1-6-8-10-12-14-16-18-20-22-24-25-26-27-28-29-30-31-32-34-35-37-39-41-43-45-47-49-55(59)54(53-64-65(61,62)63-52-51-58(3,4)5)57-56(60)50-48-46-44-42-40-38-36-33-23-21-19-17-15-13-11-9-7-2/h15,17,21,23,32,34,39,41,47,49,54-55,59H,6-14,16,18-20,22,24-31,33,35-38,40,42-46,48,50-53H2,1-5H3,(H-,57,60,61,62)/p+1/b17-15-,23-21-,34-32+,41-39+,49-47+. The van der Waals surface area contributed by atoms with E-state index in [1.807, 2.05) is 27.2 Å². The summed E-state index contributed by atoms with van der Waals surface area (Å²) in [4.78, 5) is 23.2. The van der Waals surface area contributed by atoms with Crippen LogP contribution < -0.4 is 5.32 Å². The molecule has 0 aromatic rings. The molecule has 0 saturated carbocycles. The Morgan fingerprint density at radius 2 is 0.892 bits per heavy atom. The predicted octanol–water partition coefficient (Wildman–Crippen LogP) is 16.1. The summed E-state index contributed by atoms with van der Waals surface area (Å²) in [5.41, 5.74) is 0. The smallest absolute Gasteiger partial charge is 0.387 e. The second kappa shape index (κ2) is 47.3. The lowest BCUT2D eigenvalue weighted by Gasteiger charge is -2.25. The lowest BCUT2D eigenvalue weighted by molar-refractivity contribution is -0.870. The van der Waals surface area contributed by atoms with Crippen LogP contribution in [-0.4, -0.2) is 73.4 Å². The van der Waals surface area contributed by atoms with Crippen molar-refractivity contribution in [2.24, 2.45) is 0 Å². The van der Waals surface area contributed by atoms with Crippen LogP contribution in [0.15, 0.2) is 60.8 Å². The first-order valence-electron chi connectivity index (χ1n) is 27.2. The van der Waals surface area contributed by atoms with Crippen molar-refractivity contribution in [2.75, 3.05) is 40.9 Å². The van der Waals surface area contributed by atoms with E-state index in [0.29, 0.717) is 17.4 Å². The van der Waals surface area contributed by atoms with Crippen LogP contribution in [-0.2, 0) is 18.4 Å². The van der Waals surface area contributed by atoms with E-state index < -0.39 is 20.0 Å². The van der Waals surface area contributed by atoms with Gasteiger partial charge in [0, 0.05) is 6.42 Å². The summed E-state index contributed by atoms with van der Waals surface area (Å²) in [5.74, 6) is -0.200. The number of hydrogen-bond donors (Lipinski definition) is 3. The summed E-state index contributed by atoms with van der Waals surface area (Å²) in [6, 6.07) is -0.876. The number of amides is 1. The molecule has 0 aromatic carbocycles. The van der Waals surface area contributed by atoms with E-state index in [-0.39, 0.29) is 19.1 Å². The quantitative estimate of drug-likeness (QED) is 0.0243. The van der Waals surface area contributed by atoms with Gasteiger partial charge in [-0.2, -0.15) is 0 Å². The van der Waals surface area contributed by atoms with Gasteiger partial charge in [-0.1, -0.05) is 216 Å². The van der Waals surface area contributed by atoms with Crippen LogP contribution in [0.2, 0.25) is 0 Å². The fourth-order valence-electron chi connectivity index (χ4n) is 7.63. The molecule has 0 heterocycles. The van der Waals surface area contributed by atoms with Gasteiger partial charge in [0.25, 0.3) is 0 Å². The van der Waals surface area contributed by atoms with E-state index in [9.17, 15) is 19.4 Å². The number of aliphatic hydroxyl groups excluding tert-OH is 1. The van der Waals surface area contributed by atoms with Crippen LogP contribution in [0.4, 0.5) is 0 Å². The van der Waals surface area contributed by atoms with Gasteiger partial charge in [0.05, 0.1) is 39.9 Å². The highest BCUT2D eigenvalue weighted by molar-refractivity contribution is 7.47. The molecule has 0 aliphatic carbocycles. The molecular weight excluding hydrogens is 828 g/mol. The Balaban J connectivity index is 4.34. The third-order valence-corrected chi connectivity index (χ3v) is 12.9. The fourth-order valence-corrected chi connectivity index (χ4v) is 8.37. The molecule has 0 aliphatic rings. The number of nitrogens with one attached hydrogen (secondary N) is 1. The minimum Gasteiger partial charge on any atom is -0.387 e. The molecule has 380 valence electrons. The average Bonchev–Trinajstić information content (AvgIpc) is 3.26. The normalized spacial score (nSPS) is 14.5. The summed E-state index contributed by atoms with van der Waals surface area (Å²) >= 11 is 0. The summed E-state index contributed by atoms with van der Waals surface area (Å²) in [5, 5.41) is 13.9. The van der Waals surface area contributed by atoms with Gasteiger partial charge >= 0.3 is 7.82 Å². The van der Waals surface area contributed by atoms with Crippen molar-refractivity contribution in [3.8, 4) is 0 Å². The fraction of sp³-hybridized carbons (Fsp3) is 0.804. The highest BCUT2D eigenvalue weighted by Crippen LogP contribution is 2.43. The Kier molecular flexibility index (Phi) is 46.0. The highest BCUT2D eigenvalue weighted by Gasteiger charge is 2.27. The minimum absolute atomic E-state index is 0.0499. The van der Waals surface area contributed by atoms with Gasteiger partial charge < -0.3 is 19.8 Å². The van der Waals surface area contributed by atoms with Crippen LogP contribution in [0.25, 0.3) is 0 Å². The number of phosphoric ester groups is 1. The molecule has 0 aliphatic heterocycles. The molecule has 65 heavy (non-hydrogen) atoms. The monoisotopic (exact) mass is 934 g/mol. The molecule has 0 aromatic heterocycles. The van der Waals surface area contributed by atoms with Gasteiger partial charge in [-0.15, -0.1) is 0 Å². The maximum atomic E-state index is 12.9. The molecule has 0 spiro atoms. The van der Waals surface area contributed by atoms with Gasteiger partial charge in [-0.3, -0.25) is 13.8 Å². The number of nitrogens with zero attached hydrogens (tertiary/aromatic N) is 1. The summed E-state index contributed by atoms with van der Waals surface area (Å²) in [6.07, 6.45) is 63.2. The Labute approximate surface area is 402 Å². The zero-order valence-corrected chi connectivity index (χ0v) is 44.1. The summed E-state index contributed by atoms with van der Waals surface area (Å²) in [6.45, 7) is 4.76. The predicted molar refractivity (Wildman–Crippen MR) is 281 cm³/mol. The maximum Gasteiger partial charge on any atom is 0.472 e. The summed E-state index contributed by atoms with van der Waals surface area (Å²) in [7, 11) is 1.54. The molecule has 0 bridgehead atoms. The molecule has 1 amide bonds. The second-order valence-corrected chi connectivity index (χ2v) is 21.0. The largest absolute Gasteiger partial charge is 0.472 e. The third kappa shape index (κ3) is 49.9. The number of aliphatic hydroxyl groups is 1. The van der Waals surface area contributed by atoms with E-state index in [1.54, 1.807) is 6.08 Å². The van der Waals surface area contributed by atoms with Crippen molar-refractivity contribution in [3.05, 3.63) is 60.8 Å². The van der Waals surface area contributed by atoms with Crippen LogP contribution in [0.1, 0.15) is 239 Å². The third-order valence-electron chi connectivity index (χ3n) is 11.9. The van der Waals surface area contributed by atoms with Crippen molar-refractivity contribution < 1.29 is 32.9 Å². The van der Waals surface area contributed by atoms with Crippen LogP contribution in [0.5, 0.6) is 0 Å². The van der Waals surface area contributed by atoms with Crippen molar-refractivity contribution in [2.45, 2.75) is 251 Å². The van der Waals surface area contributed by atoms with E-state index in [4.69, 9.17) is 9.05 Å². The molecule has 0 rings (SSSR count). The molecule has 3 N–H and O–H groups in total. The zero-order chi connectivity index (χ0) is 47.8. The minimum atomic E-state index is -4.36. The number of carbonyl (C=O) groups is 1. The molecule has 0 fully saturated rings. The van der Waals surface area contributed by atoms with E-state index in [2.05, 4.69) is 67.8 Å². The Bertz CT molecular complexity index is 1240. The highest BCUT2D eigenvalue weighted by atomic mass is 31.2. The van der Waals surface area contributed by atoms with Crippen molar-refractivity contribution in [1.82, 2.24) is 5.32 Å². The number of quaternary nitrogens is 1. The molecule has 8 nitrogen and oxygen atoms in total. The SMILES string of the molecule is CCCCC/C=C\C/C=C\CCCCCCCCCC(=O)NC(COP(=O)(O)OCC[N+](C)(C)C)C(O)/C=C/CC/C=C/CC/C=C/CCCCCCCCCCCCCCCCCC. The van der Waals surface area contributed by atoms with Crippen LogP contribution in [0.3, 0.4) is 0 Å². The number of unbranched alkanes of at least 4 members (excludes halogenated alkanes) is 28. The molecule has 3 atom stereocenters. The van der Waals surface area contributed by atoms with E-state index in [1.165, 1.54) is 154 Å². The summed E-state index contributed by atoms with van der Waals surface area (Å²) < 4.78 is 23.6. The van der Waals surface area contributed by atoms with Crippen LogP contribution in [0, 0.1) is 0 Å². The second-order valence-electron chi connectivity index (χ2n) is 19.6. The van der Waals surface area contributed by atoms with Crippen LogP contribution >= 0.6 is 7.82 Å². The number of carbonyl (C=O) groups excluding carboxylic acids is 1. The topological polar surface area (TPSA) is 105 Å². The van der Waals surface area contributed by atoms with Gasteiger partial charge in [-0.05, 0) is 77.0 Å². The molecule has 0 saturated heterocycles. The molecule has 3 unspecified atom stereocenters. The molecule has 0 radical (unpaired) electrons. The van der Waals surface area contributed by atoms with Gasteiger partial charge in [-0.25, -0.2) is 4.57 Å². The Morgan fingerprint density at radius 3 is 1.35 bits per heavy atom. The Morgan fingerprint density at radius 1 is 0.523 bits per heavy atom. The zero-order valence-electron chi connectivity index (χ0n) is 43.2. The first-order valence-corrected chi connectivity index (χ1v) is 28.7. The number of likely N-dealkylation sites (N-methyl/N-ethyl adjacent to an activating group) is 1. The van der Waals surface area contributed by atoms with Gasteiger partial charge in [0.2, 0.25) is 5.91 Å². The molecular formula is C56H106N2O6P+. The number of rotatable bonds is 49. The van der Waals surface area contributed by atoms with Gasteiger partial charge in [0.1, 0.15) is 13.2 Å². The van der Waals surface area contributed by atoms with Crippen molar-refractivity contribution >= 4 is 13.7 Å². The lowest BCUT2D eigenvalue weighted by Crippen LogP contribution is -2.45. The molecule has 9 heteroatoms. The number of phosphoric acid groups is 1. The first kappa shape index (κ1) is 63.2. The number of hydrogen-bond acceptors (Lipinski definition) is 5. The van der Waals surface area contributed by atoms with E-state index >= 15 is 0 Å². The first-order chi connectivity index (χ1) is 31.5. The van der Waals surface area contributed by atoms with Crippen molar-refractivity contribution in [3.63, 3.8) is 0 Å². The van der Waals surface area contributed by atoms with E-state index in [0.717, 1.165) is 64.2 Å². The lowest BCUT2D eigenvalue weighted by atomic mass is 10.0. The average molecular weight is 934 g/mol. The van der Waals surface area contributed by atoms with Crippen molar-refractivity contribution in [1.29, 1.82) is 0 Å². The maximum absolute atomic E-state index is 12.9. The van der Waals surface area contributed by atoms with Gasteiger partial charge in [0.15, 0.2) is 0 Å².